The molecule has 0 bridgehead atoms. The van der Waals surface area contributed by atoms with Gasteiger partial charge in [0.15, 0.2) is 0 Å². The van der Waals surface area contributed by atoms with Crippen molar-refractivity contribution >= 4 is 22.5 Å². The summed E-state index contributed by atoms with van der Waals surface area (Å²) < 4.78 is 5.40. The van der Waals surface area contributed by atoms with Crippen LogP contribution in [0.25, 0.3) is 10.9 Å². The zero-order valence-corrected chi connectivity index (χ0v) is 12.0. The Morgan fingerprint density at radius 3 is 2.67 bits per heavy atom. The lowest BCUT2D eigenvalue weighted by Gasteiger charge is -2.09. The fourth-order valence-corrected chi connectivity index (χ4v) is 2.70. The third kappa shape index (κ3) is 2.08. The number of hydrogen-bond donors (Lipinski definition) is 2. The Morgan fingerprint density at radius 1 is 1.39 bits per heavy atom. The molecule has 0 aliphatic carbocycles. The number of H-pyrrole nitrogens is 1. The Kier molecular flexibility index (Phi) is 3.83. The molecular formula is C14H19ClN2O. The van der Waals surface area contributed by atoms with Gasteiger partial charge in [0.05, 0.1) is 17.6 Å². The Bertz CT molecular complexity index is 560. The van der Waals surface area contributed by atoms with E-state index in [4.69, 9.17) is 16.3 Å². The average molecular weight is 267 g/mol. The van der Waals surface area contributed by atoms with E-state index < -0.39 is 0 Å². The summed E-state index contributed by atoms with van der Waals surface area (Å²) in [4.78, 5) is 3.43. The van der Waals surface area contributed by atoms with Gasteiger partial charge in [0.1, 0.15) is 5.75 Å². The Labute approximate surface area is 112 Å². The van der Waals surface area contributed by atoms with E-state index in [9.17, 15) is 0 Å². The van der Waals surface area contributed by atoms with Gasteiger partial charge in [-0.25, -0.2) is 0 Å². The van der Waals surface area contributed by atoms with E-state index in [2.05, 4.69) is 24.1 Å². The van der Waals surface area contributed by atoms with Gasteiger partial charge in [0.25, 0.3) is 0 Å². The summed E-state index contributed by atoms with van der Waals surface area (Å²) in [6.07, 6.45) is 0. The molecule has 0 amide bonds. The number of nitrogens with one attached hydrogen (secondary N) is 2. The van der Waals surface area contributed by atoms with E-state index in [1.807, 2.05) is 19.2 Å². The topological polar surface area (TPSA) is 37.0 Å². The first kappa shape index (κ1) is 13.2. The van der Waals surface area contributed by atoms with Crippen LogP contribution in [0.2, 0.25) is 5.02 Å². The first-order chi connectivity index (χ1) is 8.60. The molecule has 1 aromatic heterocycles. The molecule has 0 atom stereocenters. The van der Waals surface area contributed by atoms with Gasteiger partial charge < -0.3 is 15.0 Å². The minimum atomic E-state index is 0.409. The molecule has 1 aromatic carbocycles. The zero-order chi connectivity index (χ0) is 13.3. The lowest BCUT2D eigenvalue weighted by molar-refractivity contribution is 0.419. The standard InChI is InChI=1S/C14H19ClN2O/c1-8(2)12-10(7-16-3)17-14-11(18-4)6-5-9(15)13(12)14/h5-6,8,16-17H,7H2,1-4H3. The fraction of sp³-hybridized carbons (Fsp3) is 0.429. The van der Waals surface area contributed by atoms with Crippen LogP contribution in [-0.4, -0.2) is 19.1 Å². The van der Waals surface area contributed by atoms with E-state index in [1.54, 1.807) is 7.11 Å². The van der Waals surface area contributed by atoms with Crippen LogP contribution in [0, 0.1) is 0 Å². The summed E-state index contributed by atoms with van der Waals surface area (Å²) in [5, 5.41) is 5.03. The molecule has 1 heterocycles. The van der Waals surface area contributed by atoms with E-state index in [0.29, 0.717) is 5.92 Å². The minimum Gasteiger partial charge on any atom is -0.495 e. The predicted molar refractivity (Wildman–Crippen MR) is 76.7 cm³/mol. The van der Waals surface area contributed by atoms with E-state index in [0.717, 1.165) is 28.2 Å². The number of halogens is 1. The smallest absolute Gasteiger partial charge is 0.143 e. The number of hydrogen-bond acceptors (Lipinski definition) is 2. The van der Waals surface area contributed by atoms with Gasteiger partial charge in [-0.05, 0) is 30.7 Å². The van der Waals surface area contributed by atoms with Crippen molar-refractivity contribution in [1.82, 2.24) is 10.3 Å². The molecule has 3 nitrogen and oxygen atoms in total. The molecule has 0 radical (unpaired) electrons. The molecule has 18 heavy (non-hydrogen) atoms. The van der Waals surface area contributed by atoms with Crippen molar-refractivity contribution in [3.63, 3.8) is 0 Å². The average Bonchev–Trinajstić information content (AvgIpc) is 2.70. The quantitative estimate of drug-likeness (QED) is 0.886. The fourth-order valence-electron chi connectivity index (χ4n) is 2.44. The first-order valence-electron chi connectivity index (χ1n) is 6.11. The summed E-state index contributed by atoms with van der Waals surface area (Å²) in [6.45, 7) is 5.15. The van der Waals surface area contributed by atoms with Crippen LogP contribution < -0.4 is 10.1 Å². The second-order valence-corrected chi connectivity index (χ2v) is 5.11. The summed E-state index contributed by atoms with van der Waals surface area (Å²) in [6, 6.07) is 3.79. The van der Waals surface area contributed by atoms with Gasteiger partial charge in [-0.15, -0.1) is 0 Å². The highest BCUT2D eigenvalue weighted by Gasteiger charge is 2.18. The maximum absolute atomic E-state index is 6.35. The van der Waals surface area contributed by atoms with Crippen molar-refractivity contribution in [3.8, 4) is 5.75 Å². The van der Waals surface area contributed by atoms with E-state index >= 15 is 0 Å². The zero-order valence-electron chi connectivity index (χ0n) is 11.2. The van der Waals surface area contributed by atoms with Crippen LogP contribution in [0.3, 0.4) is 0 Å². The molecule has 0 aliphatic heterocycles. The number of aromatic nitrogens is 1. The molecule has 2 N–H and O–H groups in total. The highest BCUT2D eigenvalue weighted by atomic mass is 35.5. The molecule has 2 aromatic rings. The Morgan fingerprint density at radius 2 is 2.11 bits per heavy atom. The molecule has 4 heteroatoms. The molecule has 0 saturated heterocycles. The molecule has 98 valence electrons. The van der Waals surface area contributed by atoms with E-state index in [-0.39, 0.29) is 0 Å². The van der Waals surface area contributed by atoms with Crippen LogP contribution in [-0.2, 0) is 6.54 Å². The first-order valence-corrected chi connectivity index (χ1v) is 6.49. The number of rotatable bonds is 4. The SMILES string of the molecule is CNCc1[nH]c2c(OC)ccc(Cl)c2c1C(C)C. The van der Waals surface area contributed by atoms with Crippen LogP contribution >= 0.6 is 11.6 Å². The minimum absolute atomic E-state index is 0.409. The number of benzene rings is 1. The van der Waals surface area contributed by atoms with Crippen LogP contribution in [0.4, 0.5) is 0 Å². The Hall–Kier alpha value is -1.19. The molecule has 0 spiro atoms. The van der Waals surface area contributed by atoms with Gasteiger partial charge in [-0.3, -0.25) is 0 Å². The monoisotopic (exact) mass is 266 g/mol. The second-order valence-electron chi connectivity index (χ2n) is 4.70. The third-order valence-corrected chi connectivity index (χ3v) is 3.45. The molecule has 0 aliphatic rings. The van der Waals surface area contributed by atoms with Gasteiger partial charge in [-0.2, -0.15) is 0 Å². The van der Waals surface area contributed by atoms with Crippen LogP contribution in [0.5, 0.6) is 5.75 Å². The normalized spacial score (nSPS) is 11.4. The Balaban J connectivity index is 2.79. The van der Waals surface area contributed by atoms with Gasteiger partial charge in [0, 0.05) is 17.6 Å². The summed E-state index contributed by atoms with van der Waals surface area (Å²) in [5.74, 6) is 1.24. The predicted octanol–water partition coefficient (Wildman–Crippen LogP) is 3.67. The third-order valence-electron chi connectivity index (χ3n) is 3.14. The van der Waals surface area contributed by atoms with Crippen molar-refractivity contribution in [2.75, 3.05) is 14.2 Å². The molecule has 0 fully saturated rings. The summed E-state index contributed by atoms with van der Waals surface area (Å²) >= 11 is 6.35. The summed E-state index contributed by atoms with van der Waals surface area (Å²) in [7, 11) is 3.62. The van der Waals surface area contributed by atoms with Crippen molar-refractivity contribution in [2.24, 2.45) is 0 Å². The van der Waals surface area contributed by atoms with Crippen molar-refractivity contribution in [2.45, 2.75) is 26.3 Å². The number of aromatic amines is 1. The highest BCUT2D eigenvalue weighted by molar-refractivity contribution is 6.36. The van der Waals surface area contributed by atoms with Gasteiger partial charge >= 0.3 is 0 Å². The number of fused-ring (bicyclic) bond motifs is 1. The van der Waals surface area contributed by atoms with Crippen molar-refractivity contribution in [1.29, 1.82) is 0 Å². The lowest BCUT2D eigenvalue weighted by atomic mass is 9.99. The van der Waals surface area contributed by atoms with E-state index in [1.165, 1.54) is 11.3 Å². The molecule has 0 saturated carbocycles. The maximum Gasteiger partial charge on any atom is 0.143 e. The van der Waals surface area contributed by atoms with Gasteiger partial charge in [-0.1, -0.05) is 25.4 Å². The second kappa shape index (κ2) is 5.21. The summed E-state index contributed by atoms with van der Waals surface area (Å²) in [5.41, 5.74) is 3.43. The van der Waals surface area contributed by atoms with Gasteiger partial charge in [0.2, 0.25) is 0 Å². The van der Waals surface area contributed by atoms with Crippen molar-refractivity contribution < 1.29 is 4.74 Å². The van der Waals surface area contributed by atoms with Crippen LogP contribution in [0.1, 0.15) is 31.0 Å². The highest BCUT2D eigenvalue weighted by Crippen LogP contribution is 2.38. The molecule has 0 unspecified atom stereocenters. The lowest BCUT2D eigenvalue weighted by Crippen LogP contribution is -2.08. The molecule has 2 rings (SSSR count). The number of ether oxygens (including phenoxy) is 1. The maximum atomic E-state index is 6.35. The van der Waals surface area contributed by atoms with Crippen molar-refractivity contribution in [3.05, 3.63) is 28.4 Å². The largest absolute Gasteiger partial charge is 0.495 e. The number of methoxy groups -OCH3 is 1. The van der Waals surface area contributed by atoms with Crippen LogP contribution in [0.15, 0.2) is 12.1 Å². The molecular weight excluding hydrogens is 248 g/mol.